The van der Waals surface area contributed by atoms with Gasteiger partial charge in [-0.3, -0.25) is 13.7 Å². The largest absolute Gasteiger partial charge is 0.393 e. The second-order valence-corrected chi connectivity index (χ2v) is 10.5. The fraction of sp³-hybridized carbons (Fsp3) is 0.333. The van der Waals surface area contributed by atoms with Crippen molar-refractivity contribution >= 4 is 44.5 Å². The van der Waals surface area contributed by atoms with E-state index in [-0.39, 0.29) is 29.7 Å². The minimum atomic E-state index is -4.09. The van der Waals surface area contributed by atoms with Gasteiger partial charge in [-0.25, -0.2) is 15.1 Å². The number of halogens is 1. The predicted octanol–water partition coefficient (Wildman–Crippen LogP) is 1.33. The van der Waals surface area contributed by atoms with Gasteiger partial charge < -0.3 is 10.4 Å². The molecule has 0 unspecified atom stereocenters. The lowest BCUT2D eigenvalue weighted by atomic mass is 10.1. The molecule has 180 valence electrons. The van der Waals surface area contributed by atoms with Crippen LogP contribution in [0.2, 0.25) is 0 Å². The third kappa shape index (κ3) is 6.35. The molecular formula is C21H23IN6O5S. The molecule has 1 aliphatic carbocycles. The molecule has 2 heterocycles. The predicted molar refractivity (Wildman–Crippen MR) is 131 cm³/mol. The van der Waals surface area contributed by atoms with E-state index < -0.39 is 22.3 Å². The Bertz CT molecular complexity index is 1280. The SMILES string of the molecule is NS(=O)(=O)OC[C@H]1C[C@@H](Nc2ncncc2C(=O)c2ccn(Cc3cccc(I)c3)n2)C[C@@H]1O. The van der Waals surface area contributed by atoms with Crippen molar-refractivity contribution in [3.8, 4) is 0 Å². The molecular weight excluding hydrogens is 575 g/mol. The number of aromatic nitrogens is 4. The van der Waals surface area contributed by atoms with Gasteiger partial charge in [0, 0.05) is 27.9 Å². The van der Waals surface area contributed by atoms with Gasteiger partial charge in [0.2, 0.25) is 5.78 Å². The smallest absolute Gasteiger partial charge is 0.333 e. The molecule has 0 bridgehead atoms. The van der Waals surface area contributed by atoms with Gasteiger partial charge in [-0.2, -0.15) is 13.5 Å². The van der Waals surface area contributed by atoms with E-state index in [0.717, 1.165) is 9.13 Å². The summed E-state index contributed by atoms with van der Waals surface area (Å²) in [5, 5.41) is 22.7. The number of ketones is 1. The second-order valence-electron chi connectivity index (χ2n) is 8.06. The number of nitrogens with zero attached hydrogens (tertiary/aromatic N) is 4. The number of carbonyl (C=O) groups excluding carboxylic acids is 1. The topological polar surface area (TPSA) is 162 Å². The lowest BCUT2D eigenvalue weighted by molar-refractivity contribution is 0.101. The minimum Gasteiger partial charge on any atom is -0.393 e. The van der Waals surface area contributed by atoms with E-state index in [0.29, 0.717) is 25.2 Å². The molecule has 3 atom stereocenters. The number of aliphatic hydroxyl groups is 1. The van der Waals surface area contributed by atoms with Crippen molar-refractivity contribution in [2.75, 3.05) is 11.9 Å². The van der Waals surface area contributed by atoms with Crippen LogP contribution in [0.1, 0.15) is 34.5 Å². The van der Waals surface area contributed by atoms with E-state index in [4.69, 9.17) is 5.14 Å². The Hall–Kier alpha value is -2.46. The van der Waals surface area contributed by atoms with E-state index in [9.17, 15) is 18.3 Å². The summed E-state index contributed by atoms with van der Waals surface area (Å²) in [5.74, 6) is -0.442. The van der Waals surface area contributed by atoms with Crippen LogP contribution >= 0.6 is 22.6 Å². The molecule has 1 saturated carbocycles. The molecule has 1 aliphatic rings. The Balaban J connectivity index is 1.44. The van der Waals surface area contributed by atoms with Crippen LogP contribution in [0.5, 0.6) is 0 Å². The summed E-state index contributed by atoms with van der Waals surface area (Å²) in [7, 11) is -4.09. The van der Waals surface area contributed by atoms with Crippen LogP contribution in [0, 0.1) is 9.49 Å². The second kappa shape index (κ2) is 10.4. The van der Waals surface area contributed by atoms with Crippen molar-refractivity contribution in [1.29, 1.82) is 0 Å². The van der Waals surface area contributed by atoms with Gasteiger partial charge in [0.1, 0.15) is 17.8 Å². The summed E-state index contributed by atoms with van der Waals surface area (Å²) in [6, 6.07) is 9.42. The molecule has 3 aromatic rings. The summed E-state index contributed by atoms with van der Waals surface area (Å²) in [6.45, 7) is 0.314. The van der Waals surface area contributed by atoms with Crippen molar-refractivity contribution < 1.29 is 22.5 Å². The third-order valence-corrected chi connectivity index (χ3v) is 6.64. The number of hydrogen-bond acceptors (Lipinski definition) is 9. The Morgan fingerprint density at radius 3 is 2.91 bits per heavy atom. The minimum absolute atomic E-state index is 0.217. The van der Waals surface area contributed by atoms with Crippen molar-refractivity contribution in [2.24, 2.45) is 11.1 Å². The molecule has 0 aliphatic heterocycles. The average molecular weight is 598 g/mol. The first kappa shape index (κ1) is 24.7. The van der Waals surface area contributed by atoms with E-state index in [1.165, 1.54) is 12.5 Å². The maximum atomic E-state index is 13.2. The van der Waals surface area contributed by atoms with Gasteiger partial charge in [-0.1, -0.05) is 12.1 Å². The molecule has 0 amide bonds. The lowest BCUT2D eigenvalue weighted by Crippen LogP contribution is -2.24. The number of rotatable bonds is 9. The van der Waals surface area contributed by atoms with E-state index in [2.05, 4.69) is 47.2 Å². The highest BCUT2D eigenvalue weighted by Gasteiger charge is 2.34. The zero-order valence-electron chi connectivity index (χ0n) is 17.9. The van der Waals surface area contributed by atoms with Crippen LogP contribution < -0.4 is 10.5 Å². The summed E-state index contributed by atoms with van der Waals surface area (Å²) in [5.41, 5.74) is 1.58. The molecule has 1 fully saturated rings. The molecule has 4 rings (SSSR count). The molecule has 34 heavy (non-hydrogen) atoms. The molecule has 0 spiro atoms. The summed E-state index contributed by atoms with van der Waals surface area (Å²) >= 11 is 2.25. The number of hydrogen-bond donors (Lipinski definition) is 3. The fourth-order valence-corrected chi connectivity index (χ4v) is 4.89. The van der Waals surface area contributed by atoms with Crippen molar-refractivity contribution in [3.63, 3.8) is 0 Å². The zero-order chi connectivity index (χ0) is 24.3. The van der Waals surface area contributed by atoms with E-state index in [1.807, 2.05) is 24.3 Å². The monoisotopic (exact) mass is 598 g/mol. The quantitative estimate of drug-likeness (QED) is 0.244. The third-order valence-electron chi connectivity index (χ3n) is 5.51. The van der Waals surface area contributed by atoms with Gasteiger partial charge >= 0.3 is 10.3 Å². The molecule has 1 aromatic carbocycles. The number of benzene rings is 1. The van der Waals surface area contributed by atoms with Crippen LogP contribution in [0.25, 0.3) is 0 Å². The lowest BCUT2D eigenvalue weighted by Gasteiger charge is -2.15. The first-order chi connectivity index (χ1) is 16.2. The number of anilines is 1. The van der Waals surface area contributed by atoms with E-state index >= 15 is 0 Å². The summed E-state index contributed by atoms with van der Waals surface area (Å²) < 4.78 is 29.5. The maximum absolute atomic E-state index is 13.2. The molecule has 4 N–H and O–H groups in total. The van der Waals surface area contributed by atoms with Crippen LogP contribution in [-0.4, -0.2) is 57.8 Å². The number of nitrogens with one attached hydrogen (secondary N) is 1. The number of aliphatic hydroxyl groups excluding tert-OH is 1. The van der Waals surface area contributed by atoms with Crippen molar-refractivity contribution in [2.45, 2.75) is 31.5 Å². The van der Waals surface area contributed by atoms with Gasteiger partial charge in [0.15, 0.2) is 0 Å². The number of carbonyl (C=O) groups is 1. The number of nitrogens with two attached hydrogens (primary N) is 1. The van der Waals surface area contributed by atoms with Gasteiger partial charge in [-0.05, 0) is 59.2 Å². The van der Waals surface area contributed by atoms with Gasteiger partial charge in [0.25, 0.3) is 0 Å². The van der Waals surface area contributed by atoms with Crippen LogP contribution in [0.4, 0.5) is 5.82 Å². The first-order valence-corrected chi connectivity index (χ1v) is 13.0. The van der Waals surface area contributed by atoms with Crippen LogP contribution in [0.15, 0.2) is 49.1 Å². The Kier molecular flexibility index (Phi) is 7.57. The highest BCUT2D eigenvalue weighted by atomic mass is 127. The Morgan fingerprint density at radius 1 is 1.32 bits per heavy atom. The average Bonchev–Trinajstić information content (AvgIpc) is 3.38. The summed E-state index contributed by atoms with van der Waals surface area (Å²) in [4.78, 5) is 21.3. The van der Waals surface area contributed by atoms with Crippen molar-refractivity contribution in [3.05, 3.63) is 69.4 Å². The van der Waals surface area contributed by atoms with Crippen LogP contribution in [-0.2, 0) is 21.0 Å². The molecule has 0 saturated heterocycles. The standard InChI is InChI=1S/C21H23IN6O5S/c22-15-3-1-2-13(6-15)10-28-5-4-18(27-28)20(30)17-9-24-12-25-21(17)26-16-7-14(19(29)8-16)11-33-34(23,31)32/h1-6,9,12,14,16,19,29H,7-8,10-11H2,(H2,23,31,32)(H,24,25,26)/t14-,16-,19+/m1/s1. The highest BCUT2D eigenvalue weighted by Crippen LogP contribution is 2.30. The van der Waals surface area contributed by atoms with Crippen LogP contribution in [0.3, 0.4) is 0 Å². The molecule has 2 aromatic heterocycles. The molecule has 13 heteroatoms. The van der Waals surface area contributed by atoms with E-state index in [1.54, 1.807) is 16.9 Å². The zero-order valence-corrected chi connectivity index (χ0v) is 20.9. The summed E-state index contributed by atoms with van der Waals surface area (Å²) in [6.07, 6.45) is 4.45. The molecule has 11 nitrogen and oxygen atoms in total. The van der Waals surface area contributed by atoms with Gasteiger partial charge in [0.05, 0.1) is 24.8 Å². The van der Waals surface area contributed by atoms with Gasteiger partial charge in [-0.15, -0.1) is 0 Å². The highest BCUT2D eigenvalue weighted by molar-refractivity contribution is 14.1. The normalized spacial score (nSPS) is 20.4. The Morgan fingerprint density at radius 2 is 2.15 bits per heavy atom. The Labute approximate surface area is 210 Å². The van der Waals surface area contributed by atoms with Crippen molar-refractivity contribution in [1.82, 2.24) is 19.7 Å². The molecule has 0 radical (unpaired) electrons. The first-order valence-electron chi connectivity index (χ1n) is 10.4. The fourth-order valence-electron chi connectivity index (χ4n) is 3.92. The maximum Gasteiger partial charge on any atom is 0.333 e.